The first-order valence-corrected chi connectivity index (χ1v) is 12.9. The van der Waals surface area contributed by atoms with Crippen molar-refractivity contribution in [1.82, 2.24) is 10.0 Å². The highest BCUT2D eigenvalue weighted by Gasteiger charge is 2.67. The van der Waals surface area contributed by atoms with Crippen molar-refractivity contribution in [3.63, 3.8) is 0 Å². The van der Waals surface area contributed by atoms with Gasteiger partial charge < -0.3 is 0 Å². The summed E-state index contributed by atoms with van der Waals surface area (Å²) in [6, 6.07) is 11.1. The Bertz CT molecular complexity index is 1180. The smallest absolute Gasteiger partial charge is 0.274 e. The molecule has 176 valence electrons. The fraction of sp³-hybridized carbons (Fsp3) is 0.333. The summed E-state index contributed by atoms with van der Waals surface area (Å²) in [5.74, 6) is -3.98. The Morgan fingerprint density at radius 1 is 0.971 bits per heavy atom. The molecule has 0 N–H and O–H groups in total. The van der Waals surface area contributed by atoms with Crippen LogP contribution in [0.3, 0.4) is 0 Å². The van der Waals surface area contributed by atoms with Crippen LogP contribution in [0.1, 0.15) is 27.1 Å². The maximum atomic E-state index is 13.6. The van der Waals surface area contributed by atoms with Gasteiger partial charge in [-0.15, -0.1) is 0 Å². The van der Waals surface area contributed by atoms with E-state index in [9.17, 15) is 23.6 Å². The van der Waals surface area contributed by atoms with E-state index in [2.05, 4.69) is 31.9 Å². The van der Waals surface area contributed by atoms with Crippen LogP contribution in [0.4, 0.5) is 4.39 Å². The molecule has 6 nitrogen and oxygen atoms in total. The van der Waals surface area contributed by atoms with Crippen molar-refractivity contribution < 1.29 is 23.6 Å². The van der Waals surface area contributed by atoms with E-state index in [0.717, 1.165) is 28.6 Å². The second kappa shape index (κ2) is 8.84. The minimum Gasteiger partial charge on any atom is -0.292 e. The molecule has 1 heterocycles. The maximum absolute atomic E-state index is 13.6. The van der Waals surface area contributed by atoms with E-state index in [1.54, 1.807) is 12.1 Å². The second-order valence-corrected chi connectivity index (χ2v) is 11.3. The largest absolute Gasteiger partial charge is 0.292 e. The number of amides is 3. The average molecular weight is 613 g/mol. The van der Waals surface area contributed by atoms with E-state index < -0.39 is 47.7 Å². The zero-order valence-electron chi connectivity index (χ0n) is 17.5. The molecular formula is C24H18Br2ClFN2O4. The molecule has 34 heavy (non-hydrogen) atoms. The lowest BCUT2D eigenvalue weighted by Crippen LogP contribution is -2.52. The van der Waals surface area contributed by atoms with Gasteiger partial charge in [0.2, 0.25) is 0 Å². The molecule has 0 aromatic heterocycles. The average Bonchev–Trinajstić information content (AvgIpc) is 3.43. The van der Waals surface area contributed by atoms with E-state index in [4.69, 9.17) is 11.6 Å². The first-order chi connectivity index (χ1) is 16.2. The zero-order valence-corrected chi connectivity index (χ0v) is 21.5. The third kappa shape index (κ3) is 3.63. The molecule has 6 atom stereocenters. The summed E-state index contributed by atoms with van der Waals surface area (Å²) < 4.78 is 13.3. The Balaban J connectivity index is 1.52. The minimum absolute atomic E-state index is 0.0315. The first kappa shape index (κ1) is 23.6. The van der Waals surface area contributed by atoms with Crippen molar-refractivity contribution in [2.75, 3.05) is 6.54 Å². The Labute approximate surface area is 216 Å². The number of carbonyl (C=O) groups is 4. The standard InChI is InChI=1S/C24H18Br2ClFN2O4/c25-20-14-9-15(21(20)26)19-18(14)23(33)30(24(19)34)29(22(32)13-3-1-2-4-16(13)27)10-17(31)11-5-7-12(28)8-6-11/h1-8,14-15,18-21H,9-10H2/t14-,15-,18-,19-,20+,21+/m1/s1. The first-order valence-electron chi connectivity index (χ1n) is 10.7. The predicted molar refractivity (Wildman–Crippen MR) is 129 cm³/mol. The summed E-state index contributed by atoms with van der Waals surface area (Å²) in [5.41, 5.74) is 0.215. The number of carbonyl (C=O) groups excluding carboxylic acids is 4. The molecule has 0 radical (unpaired) electrons. The van der Waals surface area contributed by atoms with Crippen molar-refractivity contribution >= 4 is 67.0 Å². The molecule has 2 saturated carbocycles. The summed E-state index contributed by atoms with van der Waals surface area (Å²) in [6.45, 7) is -0.572. The van der Waals surface area contributed by atoms with Crippen LogP contribution in [0.15, 0.2) is 48.5 Å². The van der Waals surface area contributed by atoms with Crippen LogP contribution in [-0.2, 0) is 9.59 Å². The molecule has 10 heteroatoms. The molecule has 2 aromatic carbocycles. The van der Waals surface area contributed by atoms with Gasteiger partial charge in [-0.1, -0.05) is 55.6 Å². The van der Waals surface area contributed by atoms with Gasteiger partial charge in [0.05, 0.1) is 22.4 Å². The van der Waals surface area contributed by atoms with Gasteiger partial charge in [0.15, 0.2) is 5.78 Å². The van der Waals surface area contributed by atoms with E-state index in [1.165, 1.54) is 24.3 Å². The summed E-state index contributed by atoms with van der Waals surface area (Å²) in [6.07, 6.45) is 0.736. The van der Waals surface area contributed by atoms with Gasteiger partial charge >= 0.3 is 0 Å². The topological polar surface area (TPSA) is 74.8 Å². The minimum atomic E-state index is -0.735. The van der Waals surface area contributed by atoms with Gasteiger partial charge in [0.1, 0.15) is 12.4 Å². The van der Waals surface area contributed by atoms with Crippen LogP contribution >= 0.6 is 43.5 Å². The molecule has 0 spiro atoms. The third-order valence-electron chi connectivity index (χ3n) is 7.00. The highest BCUT2D eigenvalue weighted by atomic mass is 79.9. The Morgan fingerprint density at radius 3 is 2.09 bits per heavy atom. The number of hydrogen-bond acceptors (Lipinski definition) is 4. The lowest BCUT2D eigenvalue weighted by Gasteiger charge is -2.31. The number of fused-ring (bicyclic) bond motifs is 5. The van der Waals surface area contributed by atoms with Gasteiger partial charge in [-0.3, -0.25) is 19.2 Å². The number of Topliss-reactive ketones (excluding diaryl/α,β-unsaturated/α-hetero) is 1. The predicted octanol–water partition coefficient (Wildman–Crippen LogP) is 4.50. The van der Waals surface area contributed by atoms with Crippen LogP contribution in [0.5, 0.6) is 0 Å². The number of hydrazine groups is 1. The summed E-state index contributed by atoms with van der Waals surface area (Å²) in [4.78, 5) is 53.7. The molecular weight excluding hydrogens is 595 g/mol. The van der Waals surface area contributed by atoms with E-state index in [-0.39, 0.29) is 37.6 Å². The van der Waals surface area contributed by atoms with Gasteiger partial charge in [-0.25, -0.2) is 9.40 Å². The summed E-state index contributed by atoms with van der Waals surface area (Å²) >= 11 is 13.5. The Morgan fingerprint density at radius 2 is 1.53 bits per heavy atom. The highest BCUT2D eigenvalue weighted by Crippen LogP contribution is 2.60. The molecule has 3 aliphatic rings. The monoisotopic (exact) mass is 610 g/mol. The van der Waals surface area contributed by atoms with Crippen molar-refractivity contribution in [2.45, 2.75) is 16.1 Å². The number of hydrogen-bond donors (Lipinski definition) is 0. The Hall–Kier alpha value is -2.10. The van der Waals surface area contributed by atoms with Crippen LogP contribution in [0.25, 0.3) is 0 Å². The zero-order chi connectivity index (χ0) is 24.3. The molecule has 0 unspecified atom stereocenters. The lowest BCUT2D eigenvalue weighted by molar-refractivity contribution is -0.154. The van der Waals surface area contributed by atoms with E-state index in [0.29, 0.717) is 0 Å². The Kier molecular flexibility index (Phi) is 6.14. The van der Waals surface area contributed by atoms with Crippen molar-refractivity contribution in [3.8, 4) is 0 Å². The van der Waals surface area contributed by atoms with Crippen molar-refractivity contribution in [3.05, 3.63) is 70.5 Å². The maximum Gasteiger partial charge on any atom is 0.274 e. The van der Waals surface area contributed by atoms with Crippen LogP contribution < -0.4 is 0 Å². The van der Waals surface area contributed by atoms with Gasteiger partial charge in [-0.05, 0) is 54.7 Å². The van der Waals surface area contributed by atoms with E-state index >= 15 is 0 Å². The molecule has 2 aromatic rings. The number of alkyl halides is 2. The number of benzene rings is 2. The molecule has 2 aliphatic carbocycles. The molecule has 1 aliphatic heterocycles. The van der Waals surface area contributed by atoms with E-state index in [1.807, 2.05) is 0 Å². The number of ketones is 1. The normalized spacial score (nSPS) is 29.5. The fourth-order valence-electron chi connectivity index (χ4n) is 5.44. The number of halogens is 4. The number of rotatable bonds is 5. The SMILES string of the molecule is O=C(CN(C(=O)c1ccccc1Cl)N1C(=O)[C@@H]2[C@H]3C[C@@H]([C@H](Br)[C@H]3Br)[C@H]2C1=O)c1ccc(F)cc1. The van der Waals surface area contributed by atoms with Crippen molar-refractivity contribution in [2.24, 2.45) is 23.7 Å². The van der Waals surface area contributed by atoms with Crippen LogP contribution in [0, 0.1) is 29.5 Å². The quantitative estimate of drug-likeness (QED) is 0.283. The summed E-state index contributed by atoms with van der Waals surface area (Å²) in [7, 11) is 0. The molecule has 2 bridgehead atoms. The molecule has 5 rings (SSSR count). The molecule has 3 fully saturated rings. The highest BCUT2D eigenvalue weighted by molar-refractivity contribution is 9.12. The summed E-state index contributed by atoms with van der Waals surface area (Å²) in [5, 5.41) is 1.86. The third-order valence-corrected chi connectivity index (χ3v) is 10.5. The number of imide groups is 1. The molecule has 3 amide bonds. The molecule has 1 saturated heterocycles. The lowest BCUT2D eigenvalue weighted by atomic mass is 9.81. The van der Waals surface area contributed by atoms with Crippen LogP contribution in [-0.4, -0.2) is 49.7 Å². The van der Waals surface area contributed by atoms with Gasteiger partial charge in [0.25, 0.3) is 17.7 Å². The van der Waals surface area contributed by atoms with Crippen molar-refractivity contribution in [1.29, 1.82) is 0 Å². The van der Waals surface area contributed by atoms with Crippen LogP contribution in [0.2, 0.25) is 5.02 Å². The van der Waals surface area contributed by atoms with Gasteiger partial charge in [0, 0.05) is 15.2 Å². The number of nitrogens with zero attached hydrogens (tertiary/aromatic N) is 2. The second-order valence-electron chi connectivity index (χ2n) is 8.76. The fourth-order valence-corrected chi connectivity index (χ4v) is 7.53. The van der Waals surface area contributed by atoms with Gasteiger partial charge in [-0.2, -0.15) is 5.01 Å².